The third-order valence-corrected chi connectivity index (χ3v) is 4.13. The van der Waals surface area contributed by atoms with Crippen LogP contribution in [0.4, 0.5) is 0 Å². The maximum absolute atomic E-state index is 11.9. The van der Waals surface area contributed by atoms with E-state index in [4.69, 9.17) is 9.47 Å². The molecule has 132 valence electrons. The molecule has 2 heterocycles. The van der Waals surface area contributed by atoms with Crippen LogP contribution in [-0.2, 0) is 16.1 Å². The van der Waals surface area contributed by atoms with Crippen molar-refractivity contribution in [2.24, 2.45) is 16.8 Å². The molecule has 1 saturated heterocycles. The number of carbonyl (C=O) groups is 1. The van der Waals surface area contributed by atoms with Crippen molar-refractivity contribution < 1.29 is 14.3 Å². The van der Waals surface area contributed by atoms with Gasteiger partial charge in [0.15, 0.2) is 5.96 Å². The number of guanidine groups is 1. The number of carbonyl (C=O) groups excluding carboxylic acids is 1. The summed E-state index contributed by atoms with van der Waals surface area (Å²) in [6.07, 6.45) is 0. The van der Waals surface area contributed by atoms with Crippen LogP contribution < -0.4 is 10.1 Å². The minimum Gasteiger partial charge on any atom is -0.481 e. The Morgan fingerprint density at radius 3 is 2.88 bits per heavy atom. The molecular weight excluding hydrogens is 308 g/mol. The SMILES string of the molecule is CCNC(=NCc1cccc(OC)n1)N1CC(C)C(C(=O)OC)C1. The fourth-order valence-electron chi connectivity index (χ4n) is 2.84. The van der Waals surface area contributed by atoms with Gasteiger partial charge < -0.3 is 19.7 Å². The Kier molecular flexibility index (Phi) is 6.40. The normalized spacial score (nSPS) is 20.8. The van der Waals surface area contributed by atoms with E-state index in [1.54, 1.807) is 7.11 Å². The Morgan fingerprint density at radius 1 is 1.42 bits per heavy atom. The highest BCUT2D eigenvalue weighted by Gasteiger charge is 2.36. The molecule has 24 heavy (non-hydrogen) atoms. The second-order valence-electron chi connectivity index (χ2n) is 5.85. The van der Waals surface area contributed by atoms with E-state index in [0.717, 1.165) is 24.7 Å². The molecule has 1 N–H and O–H groups in total. The highest BCUT2D eigenvalue weighted by Crippen LogP contribution is 2.24. The van der Waals surface area contributed by atoms with Crippen molar-refractivity contribution in [3.8, 4) is 5.88 Å². The lowest BCUT2D eigenvalue weighted by Gasteiger charge is -2.21. The summed E-state index contributed by atoms with van der Waals surface area (Å²) < 4.78 is 10.0. The quantitative estimate of drug-likeness (QED) is 0.497. The largest absolute Gasteiger partial charge is 0.481 e. The number of rotatable bonds is 5. The number of nitrogens with zero attached hydrogens (tertiary/aromatic N) is 3. The van der Waals surface area contributed by atoms with Crippen molar-refractivity contribution in [1.82, 2.24) is 15.2 Å². The molecule has 7 heteroatoms. The Hall–Kier alpha value is -2.31. The number of hydrogen-bond donors (Lipinski definition) is 1. The molecular formula is C17H26N4O3. The van der Waals surface area contributed by atoms with Gasteiger partial charge in [0, 0.05) is 25.7 Å². The van der Waals surface area contributed by atoms with Crippen LogP contribution in [0.3, 0.4) is 0 Å². The first-order valence-corrected chi connectivity index (χ1v) is 8.20. The summed E-state index contributed by atoms with van der Waals surface area (Å²) in [5.41, 5.74) is 0.835. The third kappa shape index (κ3) is 4.37. The smallest absolute Gasteiger partial charge is 0.310 e. The number of methoxy groups -OCH3 is 2. The average molecular weight is 334 g/mol. The van der Waals surface area contributed by atoms with Crippen molar-refractivity contribution in [3.63, 3.8) is 0 Å². The zero-order chi connectivity index (χ0) is 17.5. The number of aromatic nitrogens is 1. The van der Waals surface area contributed by atoms with Gasteiger partial charge in [0.1, 0.15) is 0 Å². The standard InChI is InChI=1S/C17H26N4O3/c1-5-18-17(19-9-13-7-6-8-15(20-13)23-3)21-10-12(2)14(11-21)16(22)24-4/h6-8,12,14H,5,9-11H2,1-4H3,(H,18,19). The summed E-state index contributed by atoms with van der Waals surface area (Å²) in [7, 11) is 3.03. The van der Waals surface area contributed by atoms with Crippen molar-refractivity contribution in [2.45, 2.75) is 20.4 Å². The predicted octanol–water partition coefficient (Wildman–Crippen LogP) is 1.30. The molecule has 1 aromatic heterocycles. The third-order valence-electron chi connectivity index (χ3n) is 4.13. The first-order valence-electron chi connectivity index (χ1n) is 8.20. The molecule has 1 aliphatic rings. The Morgan fingerprint density at radius 2 is 2.21 bits per heavy atom. The molecule has 0 radical (unpaired) electrons. The van der Waals surface area contributed by atoms with Crippen LogP contribution in [0.5, 0.6) is 5.88 Å². The van der Waals surface area contributed by atoms with Gasteiger partial charge in [-0.2, -0.15) is 0 Å². The van der Waals surface area contributed by atoms with Crippen LogP contribution in [-0.4, -0.2) is 55.7 Å². The van der Waals surface area contributed by atoms with Crippen molar-refractivity contribution >= 4 is 11.9 Å². The van der Waals surface area contributed by atoms with Gasteiger partial charge >= 0.3 is 5.97 Å². The van der Waals surface area contributed by atoms with Gasteiger partial charge in [-0.1, -0.05) is 13.0 Å². The van der Waals surface area contributed by atoms with Gasteiger partial charge in [0.05, 0.1) is 32.4 Å². The molecule has 0 bridgehead atoms. The second kappa shape index (κ2) is 8.52. The molecule has 0 saturated carbocycles. The number of ether oxygens (including phenoxy) is 2. The molecule has 2 atom stereocenters. The number of esters is 1. The molecule has 0 aliphatic carbocycles. The lowest BCUT2D eigenvalue weighted by Crippen LogP contribution is -2.40. The van der Waals surface area contributed by atoms with E-state index in [1.807, 2.05) is 25.1 Å². The van der Waals surface area contributed by atoms with Crippen molar-refractivity contribution in [2.75, 3.05) is 33.9 Å². The summed E-state index contributed by atoms with van der Waals surface area (Å²) in [4.78, 5) is 23.0. The molecule has 7 nitrogen and oxygen atoms in total. The van der Waals surface area contributed by atoms with E-state index in [-0.39, 0.29) is 17.8 Å². The lowest BCUT2D eigenvalue weighted by atomic mass is 9.99. The van der Waals surface area contributed by atoms with Crippen LogP contribution in [0.1, 0.15) is 19.5 Å². The highest BCUT2D eigenvalue weighted by molar-refractivity contribution is 5.82. The number of pyridine rings is 1. The fraction of sp³-hybridized carbons (Fsp3) is 0.588. The van der Waals surface area contributed by atoms with Crippen molar-refractivity contribution in [3.05, 3.63) is 23.9 Å². The first-order chi connectivity index (χ1) is 11.6. The molecule has 1 fully saturated rings. The van der Waals surface area contributed by atoms with Crippen LogP contribution in [0.15, 0.2) is 23.2 Å². The highest BCUT2D eigenvalue weighted by atomic mass is 16.5. The monoisotopic (exact) mass is 334 g/mol. The molecule has 2 rings (SSSR count). The molecule has 1 aromatic rings. The fourth-order valence-corrected chi connectivity index (χ4v) is 2.84. The summed E-state index contributed by atoms with van der Waals surface area (Å²) >= 11 is 0. The lowest BCUT2D eigenvalue weighted by molar-refractivity contribution is -0.145. The average Bonchev–Trinajstić information content (AvgIpc) is 2.99. The molecule has 0 aromatic carbocycles. The summed E-state index contributed by atoms with van der Waals surface area (Å²) in [5, 5.41) is 3.29. The predicted molar refractivity (Wildman–Crippen MR) is 91.8 cm³/mol. The van der Waals surface area contributed by atoms with Crippen molar-refractivity contribution in [1.29, 1.82) is 0 Å². The van der Waals surface area contributed by atoms with Crippen LogP contribution in [0.2, 0.25) is 0 Å². The van der Waals surface area contributed by atoms with Gasteiger partial charge in [-0.25, -0.2) is 9.98 Å². The Bertz CT molecular complexity index is 591. The second-order valence-corrected chi connectivity index (χ2v) is 5.85. The maximum Gasteiger partial charge on any atom is 0.310 e. The Labute approximate surface area is 143 Å². The topological polar surface area (TPSA) is 76.1 Å². The summed E-state index contributed by atoms with van der Waals surface area (Å²) in [5.74, 6) is 1.33. The zero-order valence-electron chi connectivity index (χ0n) is 14.8. The van der Waals surface area contributed by atoms with Crippen LogP contribution in [0.25, 0.3) is 0 Å². The number of hydrogen-bond acceptors (Lipinski definition) is 5. The molecule has 0 amide bonds. The number of aliphatic imine (C=N–C) groups is 1. The van der Waals surface area contributed by atoms with Crippen LogP contribution >= 0.6 is 0 Å². The van der Waals surface area contributed by atoms with Gasteiger partial charge in [-0.3, -0.25) is 4.79 Å². The first kappa shape index (κ1) is 18.0. The minimum absolute atomic E-state index is 0.117. The van der Waals surface area contributed by atoms with E-state index in [1.165, 1.54) is 7.11 Å². The van der Waals surface area contributed by atoms with E-state index in [9.17, 15) is 4.79 Å². The van der Waals surface area contributed by atoms with Crippen LogP contribution in [0, 0.1) is 11.8 Å². The van der Waals surface area contributed by atoms with Gasteiger partial charge in [-0.15, -0.1) is 0 Å². The molecule has 1 aliphatic heterocycles. The zero-order valence-corrected chi connectivity index (χ0v) is 14.8. The number of likely N-dealkylation sites (tertiary alicyclic amines) is 1. The van der Waals surface area contributed by atoms with Gasteiger partial charge in [-0.05, 0) is 18.9 Å². The molecule has 2 unspecified atom stereocenters. The Balaban J connectivity index is 2.09. The van der Waals surface area contributed by atoms with E-state index < -0.39 is 0 Å². The van der Waals surface area contributed by atoms with Gasteiger partial charge in [0.25, 0.3) is 0 Å². The van der Waals surface area contributed by atoms with Gasteiger partial charge in [0.2, 0.25) is 5.88 Å². The van der Waals surface area contributed by atoms with E-state index in [2.05, 4.69) is 27.1 Å². The maximum atomic E-state index is 11.9. The van der Waals surface area contributed by atoms with E-state index >= 15 is 0 Å². The molecule has 0 spiro atoms. The summed E-state index contributed by atoms with van der Waals surface area (Å²) in [6, 6.07) is 5.62. The van der Waals surface area contributed by atoms with E-state index in [0.29, 0.717) is 19.0 Å². The number of nitrogens with one attached hydrogen (secondary N) is 1. The summed E-state index contributed by atoms with van der Waals surface area (Å²) in [6.45, 7) is 6.69. The minimum atomic E-state index is -0.157.